The van der Waals surface area contributed by atoms with Gasteiger partial charge in [0.15, 0.2) is 0 Å². The number of aromatic nitrogens is 1. The van der Waals surface area contributed by atoms with Gasteiger partial charge in [-0.2, -0.15) is 13.2 Å². The van der Waals surface area contributed by atoms with Crippen LogP contribution in [0.3, 0.4) is 0 Å². The molecule has 0 fully saturated rings. The Morgan fingerprint density at radius 3 is 2.67 bits per heavy atom. The fraction of sp³-hybridized carbons (Fsp3) is 0.231. The summed E-state index contributed by atoms with van der Waals surface area (Å²) >= 11 is 2.96. The van der Waals surface area contributed by atoms with Crippen LogP contribution in [0.1, 0.15) is 27.4 Å². The predicted octanol–water partition coefficient (Wildman–Crippen LogP) is 3.69. The van der Waals surface area contributed by atoms with E-state index < -0.39 is 23.2 Å². The molecule has 0 spiro atoms. The molecule has 0 bridgehead atoms. The van der Waals surface area contributed by atoms with Crippen molar-refractivity contribution in [2.24, 2.45) is 0 Å². The van der Waals surface area contributed by atoms with Crippen molar-refractivity contribution >= 4 is 21.8 Å². The first-order valence-electron chi connectivity index (χ1n) is 5.84. The topological polar surface area (TPSA) is 55.1 Å². The average molecular weight is 363 g/mol. The van der Waals surface area contributed by atoms with Crippen molar-refractivity contribution in [2.45, 2.75) is 19.6 Å². The molecule has 0 aliphatic carbocycles. The van der Waals surface area contributed by atoms with E-state index in [-0.39, 0.29) is 11.0 Å². The molecule has 21 heavy (non-hydrogen) atoms. The number of carbonyl (C=O) groups is 1. The Morgan fingerprint density at radius 2 is 2.10 bits per heavy atom. The smallest absolute Gasteiger partial charge is 0.361 e. The number of nitrogens with one attached hydrogen (secondary N) is 1. The van der Waals surface area contributed by atoms with Crippen LogP contribution >= 0.6 is 15.9 Å². The van der Waals surface area contributed by atoms with E-state index in [2.05, 4.69) is 26.4 Å². The average Bonchev–Trinajstić information content (AvgIpc) is 2.81. The summed E-state index contributed by atoms with van der Waals surface area (Å²) in [6.45, 7) is 1.67. The number of halogens is 4. The summed E-state index contributed by atoms with van der Waals surface area (Å²) in [5, 5.41) is 6.03. The van der Waals surface area contributed by atoms with E-state index in [0.29, 0.717) is 11.5 Å². The van der Waals surface area contributed by atoms with E-state index in [9.17, 15) is 18.0 Å². The van der Waals surface area contributed by atoms with E-state index >= 15 is 0 Å². The molecular formula is C13H10BrF3N2O2. The van der Waals surface area contributed by atoms with E-state index in [1.165, 1.54) is 6.07 Å². The number of hydrogen-bond donors (Lipinski definition) is 1. The zero-order chi connectivity index (χ0) is 15.6. The highest BCUT2D eigenvalue weighted by Crippen LogP contribution is 2.33. The van der Waals surface area contributed by atoms with Gasteiger partial charge in [0.05, 0.1) is 17.7 Å². The molecule has 0 radical (unpaired) electrons. The molecule has 0 saturated carbocycles. The van der Waals surface area contributed by atoms with Crippen LogP contribution in [0.25, 0.3) is 0 Å². The summed E-state index contributed by atoms with van der Waals surface area (Å²) in [6, 6.07) is 4.96. The first-order valence-corrected chi connectivity index (χ1v) is 6.64. The van der Waals surface area contributed by atoms with E-state index in [4.69, 9.17) is 4.52 Å². The molecule has 1 aromatic heterocycles. The van der Waals surface area contributed by atoms with Gasteiger partial charge in [-0.15, -0.1) is 0 Å². The summed E-state index contributed by atoms with van der Waals surface area (Å²) in [7, 11) is 0. The number of aryl methyl sites for hydroxylation is 1. The third kappa shape index (κ3) is 3.84. The van der Waals surface area contributed by atoms with Gasteiger partial charge in [-0.25, -0.2) is 0 Å². The van der Waals surface area contributed by atoms with Gasteiger partial charge in [-0.1, -0.05) is 21.1 Å². The molecule has 1 aromatic carbocycles. The molecule has 112 valence electrons. The summed E-state index contributed by atoms with van der Waals surface area (Å²) in [5.74, 6) is -0.269. The SMILES string of the molecule is Cc1cc(CNC(=O)c2ccc(Br)cc2C(F)(F)F)no1. The molecule has 1 amide bonds. The summed E-state index contributed by atoms with van der Waals surface area (Å²) < 4.78 is 43.8. The number of rotatable bonds is 3. The maximum Gasteiger partial charge on any atom is 0.417 e. The van der Waals surface area contributed by atoms with Crippen LogP contribution in [0.15, 0.2) is 33.3 Å². The standard InChI is InChI=1S/C13H10BrF3N2O2/c1-7-4-9(19-21-7)6-18-12(20)10-3-2-8(14)5-11(10)13(15,16)17/h2-5H,6H2,1H3,(H,18,20). The van der Waals surface area contributed by atoms with Gasteiger partial charge < -0.3 is 9.84 Å². The van der Waals surface area contributed by atoms with Crippen LogP contribution in [0, 0.1) is 6.92 Å². The minimum Gasteiger partial charge on any atom is -0.361 e. The maximum absolute atomic E-state index is 12.9. The molecule has 0 aliphatic rings. The quantitative estimate of drug-likeness (QED) is 0.905. The lowest BCUT2D eigenvalue weighted by Gasteiger charge is -2.12. The third-order valence-electron chi connectivity index (χ3n) is 2.64. The second-order valence-electron chi connectivity index (χ2n) is 4.30. The number of benzene rings is 1. The number of carbonyl (C=O) groups excluding carboxylic acids is 1. The van der Waals surface area contributed by atoms with Crippen molar-refractivity contribution in [2.75, 3.05) is 0 Å². The Morgan fingerprint density at radius 1 is 1.38 bits per heavy atom. The second-order valence-corrected chi connectivity index (χ2v) is 5.21. The van der Waals surface area contributed by atoms with Crippen molar-refractivity contribution in [3.8, 4) is 0 Å². The second kappa shape index (κ2) is 5.88. The molecule has 0 atom stereocenters. The monoisotopic (exact) mass is 362 g/mol. The molecule has 1 heterocycles. The highest BCUT2D eigenvalue weighted by atomic mass is 79.9. The van der Waals surface area contributed by atoms with Crippen LogP contribution in [-0.4, -0.2) is 11.1 Å². The number of amides is 1. The third-order valence-corrected chi connectivity index (χ3v) is 3.13. The van der Waals surface area contributed by atoms with Crippen LogP contribution in [-0.2, 0) is 12.7 Å². The Balaban J connectivity index is 2.19. The van der Waals surface area contributed by atoms with Gasteiger partial charge in [0.2, 0.25) is 0 Å². The molecule has 0 aliphatic heterocycles. The number of alkyl halides is 3. The molecule has 4 nitrogen and oxygen atoms in total. The lowest BCUT2D eigenvalue weighted by atomic mass is 10.1. The summed E-state index contributed by atoms with van der Waals surface area (Å²) in [5.41, 5.74) is -0.997. The minimum atomic E-state index is -4.61. The predicted molar refractivity (Wildman–Crippen MR) is 71.6 cm³/mol. The Bertz CT molecular complexity index is 668. The van der Waals surface area contributed by atoms with Crippen LogP contribution in [0.5, 0.6) is 0 Å². The van der Waals surface area contributed by atoms with Gasteiger partial charge in [0, 0.05) is 10.5 Å². The summed E-state index contributed by atoms with van der Waals surface area (Å²) in [6.07, 6.45) is -4.61. The van der Waals surface area contributed by atoms with E-state index in [1.54, 1.807) is 13.0 Å². The largest absolute Gasteiger partial charge is 0.417 e. The van der Waals surface area contributed by atoms with Gasteiger partial charge in [0.1, 0.15) is 11.5 Å². The fourth-order valence-corrected chi connectivity index (χ4v) is 2.08. The number of nitrogens with zero attached hydrogens (tertiary/aromatic N) is 1. The normalized spacial score (nSPS) is 11.5. The molecule has 2 aromatic rings. The maximum atomic E-state index is 12.9. The van der Waals surface area contributed by atoms with Crippen LogP contribution in [0.2, 0.25) is 0 Å². The molecular weight excluding hydrogens is 353 g/mol. The molecule has 0 saturated heterocycles. The highest BCUT2D eigenvalue weighted by Gasteiger charge is 2.35. The molecule has 2 rings (SSSR count). The van der Waals surface area contributed by atoms with Crippen molar-refractivity contribution in [1.29, 1.82) is 0 Å². The lowest BCUT2D eigenvalue weighted by molar-refractivity contribution is -0.138. The van der Waals surface area contributed by atoms with E-state index in [0.717, 1.165) is 12.1 Å². The van der Waals surface area contributed by atoms with Crippen LogP contribution < -0.4 is 5.32 Å². The molecule has 0 unspecified atom stereocenters. The Hall–Kier alpha value is -1.83. The van der Waals surface area contributed by atoms with E-state index in [1.807, 2.05) is 0 Å². The van der Waals surface area contributed by atoms with Crippen LogP contribution in [0.4, 0.5) is 13.2 Å². The van der Waals surface area contributed by atoms with Gasteiger partial charge in [0.25, 0.3) is 5.91 Å². The summed E-state index contributed by atoms with van der Waals surface area (Å²) in [4.78, 5) is 11.9. The lowest BCUT2D eigenvalue weighted by Crippen LogP contribution is -2.26. The zero-order valence-electron chi connectivity index (χ0n) is 10.8. The number of hydrogen-bond acceptors (Lipinski definition) is 3. The molecule has 1 N–H and O–H groups in total. The Kier molecular flexibility index (Phi) is 4.36. The molecule has 8 heteroatoms. The van der Waals surface area contributed by atoms with Crippen molar-refractivity contribution in [1.82, 2.24) is 10.5 Å². The minimum absolute atomic E-state index is 0.0104. The van der Waals surface area contributed by atoms with Crippen molar-refractivity contribution in [3.63, 3.8) is 0 Å². The van der Waals surface area contributed by atoms with Crippen molar-refractivity contribution < 1.29 is 22.5 Å². The first-order chi connectivity index (χ1) is 9.77. The fourth-order valence-electron chi connectivity index (χ4n) is 1.72. The van der Waals surface area contributed by atoms with Gasteiger partial charge >= 0.3 is 6.18 Å². The first kappa shape index (κ1) is 15.6. The Labute approximate surface area is 126 Å². The highest BCUT2D eigenvalue weighted by molar-refractivity contribution is 9.10. The zero-order valence-corrected chi connectivity index (χ0v) is 12.4. The van der Waals surface area contributed by atoms with Crippen molar-refractivity contribution in [3.05, 3.63) is 51.3 Å². The van der Waals surface area contributed by atoms with Gasteiger partial charge in [-0.05, 0) is 25.1 Å². The van der Waals surface area contributed by atoms with Gasteiger partial charge in [-0.3, -0.25) is 4.79 Å².